The third-order valence-electron chi connectivity index (χ3n) is 3.55. The lowest BCUT2D eigenvalue weighted by Gasteiger charge is -2.19. The predicted molar refractivity (Wildman–Crippen MR) is 79.9 cm³/mol. The van der Waals surface area contributed by atoms with Crippen molar-refractivity contribution in [3.8, 4) is 0 Å². The molecule has 5 heteroatoms. The smallest absolute Gasteiger partial charge is 0.110 e. The molecule has 2 aromatic heterocycles. The van der Waals surface area contributed by atoms with Crippen LogP contribution in [-0.2, 0) is 19.4 Å². The van der Waals surface area contributed by atoms with E-state index in [9.17, 15) is 0 Å². The van der Waals surface area contributed by atoms with Gasteiger partial charge in [-0.15, -0.1) is 0 Å². The Hall–Kier alpha value is -1.72. The molecule has 2 heterocycles. The maximum absolute atomic E-state index is 5.76. The van der Waals surface area contributed by atoms with Crippen molar-refractivity contribution in [1.82, 2.24) is 20.0 Å². The van der Waals surface area contributed by atoms with Crippen molar-refractivity contribution in [2.45, 2.75) is 45.7 Å². The average Bonchev–Trinajstić information content (AvgIpc) is 2.92. The van der Waals surface area contributed by atoms with Crippen molar-refractivity contribution in [2.75, 3.05) is 0 Å². The molecule has 0 radical (unpaired) electrons. The van der Waals surface area contributed by atoms with Gasteiger partial charge in [-0.05, 0) is 30.0 Å². The highest BCUT2D eigenvalue weighted by Gasteiger charge is 2.16. The summed E-state index contributed by atoms with van der Waals surface area (Å²) < 4.78 is 2.19. The standard InChI is InChI=1S/C15H23N5/c1-3-8-20-9-7-18-15(20)10-14(19-16)13-5-6-17-11-12(13)4-2/h5-7,9,11,14,19H,3-4,8,10,16H2,1-2H3. The summed E-state index contributed by atoms with van der Waals surface area (Å²) in [6.45, 7) is 5.29. The molecular formula is C15H23N5. The summed E-state index contributed by atoms with van der Waals surface area (Å²) in [4.78, 5) is 8.64. The fourth-order valence-corrected chi connectivity index (χ4v) is 2.49. The molecule has 0 saturated carbocycles. The van der Waals surface area contributed by atoms with Gasteiger partial charge in [0.1, 0.15) is 5.82 Å². The van der Waals surface area contributed by atoms with Crippen molar-refractivity contribution < 1.29 is 0 Å². The molecular weight excluding hydrogens is 250 g/mol. The minimum atomic E-state index is 0.0611. The molecule has 0 aromatic carbocycles. The van der Waals surface area contributed by atoms with Gasteiger partial charge in [-0.25, -0.2) is 4.98 Å². The number of imidazole rings is 1. The number of rotatable bonds is 7. The fraction of sp³-hybridized carbons (Fsp3) is 0.467. The molecule has 0 spiro atoms. The maximum Gasteiger partial charge on any atom is 0.110 e. The molecule has 0 aliphatic rings. The van der Waals surface area contributed by atoms with Gasteiger partial charge < -0.3 is 4.57 Å². The van der Waals surface area contributed by atoms with Crippen molar-refractivity contribution in [2.24, 2.45) is 5.84 Å². The average molecular weight is 273 g/mol. The first kappa shape index (κ1) is 14.7. The first-order valence-corrected chi connectivity index (χ1v) is 7.19. The van der Waals surface area contributed by atoms with Crippen LogP contribution in [0.2, 0.25) is 0 Å². The van der Waals surface area contributed by atoms with Crippen molar-refractivity contribution >= 4 is 0 Å². The van der Waals surface area contributed by atoms with E-state index in [1.807, 2.05) is 30.9 Å². The fourth-order valence-electron chi connectivity index (χ4n) is 2.49. The maximum atomic E-state index is 5.76. The van der Waals surface area contributed by atoms with E-state index in [0.29, 0.717) is 0 Å². The van der Waals surface area contributed by atoms with Crippen LogP contribution >= 0.6 is 0 Å². The van der Waals surface area contributed by atoms with Crippen molar-refractivity contribution in [1.29, 1.82) is 0 Å². The zero-order valence-corrected chi connectivity index (χ0v) is 12.2. The van der Waals surface area contributed by atoms with E-state index in [1.54, 1.807) is 0 Å². The summed E-state index contributed by atoms with van der Waals surface area (Å²) >= 11 is 0. The van der Waals surface area contributed by atoms with E-state index >= 15 is 0 Å². The summed E-state index contributed by atoms with van der Waals surface area (Å²) in [6.07, 6.45) is 10.4. The van der Waals surface area contributed by atoms with E-state index in [2.05, 4.69) is 33.8 Å². The molecule has 0 bridgehead atoms. The number of aromatic nitrogens is 3. The number of nitrogens with zero attached hydrogens (tertiary/aromatic N) is 3. The molecule has 0 amide bonds. The van der Waals surface area contributed by atoms with Gasteiger partial charge in [-0.3, -0.25) is 16.3 Å². The summed E-state index contributed by atoms with van der Waals surface area (Å²) in [5.74, 6) is 6.83. The Morgan fingerprint density at radius 3 is 2.90 bits per heavy atom. The van der Waals surface area contributed by atoms with Crippen LogP contribution in [0.25, 0.3) is 0 Å². The van der Waals surface area contributed by atoms with Crippen LogP contribution < -0.4 is 11.3 Å². The summed E-state index contributed by atoms with van der Waals surface area (Å²) in [7, 11) is 0. The second-order valence-corrected chi connectivity index (χ2v) is 4.89. The van der Waals surface area contributed by atoms with E-state index < -0.39 is 0 Å². The van der Waals surface area contributed by atoms with Gasteiger partial charge in [0.25, 0.3) is 0 Å². The lowest BCUT2D eigenvalue weighted by atomic mass is 9.98. The molecule has 0 fully saturated rings. The molecule has 1 atom stereocenters. The minimum absolute atomic E-state index is 0.0611. The summed E-state index contributed by atoms with van der Waals surface area (Å²) in [6, 6.07) is 2.10. The third-order valence-corrected chi connectivity index (χ3v) is 3.55. The molecule has 1 unspecified atom stereocenters. The molecule has 0 aliphatic heterocycles. The molecule has 5 nitrogen and oxygen atoms in total. The van der Waals surface area contributed by atoms with E-state index in [-0.39, 0.29) is 6.04 Å². The normalized spacial score (nSPS) is 12.6. The first-order chi connectivity index (χ1) is 9.80. The monoisotopic (exact) mass is 273 g/mol. The number of hydrogen-bond donors (Lipinski definition) is 2. The van der Waals surface area contributed by atoms with Crippen LogP contribution in [0.3, 0.4) is 0 Å². The van der Waals surface area contributed by atoms with Gasteiger partial charge in [0, 0.05) is 37.8 Å². The van der Waals surface area contributed by atoms with Crippen LogP contribution in [0, 0.1) is 0 Å². The molecule has 0 aliphatic carbocycles. The predicted octanol–water partition coefficient (Wildman–Crippen LogP) is 2.00. The molecule has 2 aromatic rings. The Morgan fingerprint density at radius 2 is 2.20 bits per heavy atom. The molecule has 2 rings (SSSR count). The van der Waals surface area contributed by atoms with Crippen LogP contribution in [0.5, 0.6) is 0 Å². The van der Waals surface area contributed by atoms with Gasteiger partial charge in [-0.1, -0.05) is 13.8 Å². The number of pyridine rings is 1. The quantitative estimate of drug-likeness (QED) is 0.598. The number of hydrazine groups is 1. The Morgan fingerprint density at radius 1 is 1.35 bits per heavy atom. The zero-order valence-electron chi connectivity index (χ0n) is 12.2. The zero-order chi connectivity index (χ0) is 14.4. The second kappa shape index (κ2) is 7.17. The van der Waals surface area contributed by atoms with Gasteiger partial charge in [0.05, 0.1) is 6.04 Å². The Kier molecular flexibility index (Phi) is 5.26. The highest BCUT2D eigenvalue weighted by Crippen LogP contribution is 2.21. The van der Waals surface area contributed by atoms with Gasteiger partial charge in [0.2, 0.25) is 0 Å². The van der Waals surface area contributed by atoms with Crippen molar-refractivity contribution in [3.05, 3.63) is 47.8 Å². The van der Waals surface area contributed by atoms with Crippen molar-refractivity contribution in [3.63, 3.8) is 0 Å². The largest absolute Gasteiger partial charge is 0.335 e. The van der Waals surface area contributed by atoms with Gasteiger partial charge in [-0.2, -0.15) is 0 Å². The lowest BCUT2D eigenvalue weighted by Crippen LogP contribution is -2.31. The number of aryl methyl sites for hydroxylation is 2. The highest BCUT2D eigenvalue weighted by atomic mass is 15.2. The molecule has 0 saturated heterocycles. The number of nitrogens with two attached hydrogens (primary N) is 1. The molecule has 20 heavy (non-hydrogen) atoms. The Labute approximate surface area is 120 Å². The first-order valence-electron chi connectivity index (χ1n) is 7.19. The number of hydrogen-bond acceptors (Lipinski definition) is 4. The summed E-state index contributed by atoms with van der Waals surface area (Å²) in [5.41, 5.74) is 5.35. The van der Waals surface area contributed by atoms with E-state index in [4.69, 9.17) is 5.84 Å². The topological polar surface area (TPSA) is 68.8 Å². The van der Waals surface area contributed by atoms with Crippen LogP contribution in [0.4, 0.5) is 0 Å². The second-order valence-electron chi connectivity index (χ2n) is 4.89. The molecule has 108 valence electrons. The Bertz CT molecular complexity index is 535. The third kappa shape index (κ3) is 3.23. The van der Waals surface area contributed by atoms with Crippen LogP contribution in [-0.4, -0.2) is 14.5 Å². The summed E-state index contributed by atoms with van der Waals surface area (Å²) in [5, 5.41) is 0. The number of nitrogens with one attached hydrogen (secondary N) is 1. The van der Waals surface area contributed by atoms with E-state index in [0.717, 1.165) is 31.6 Å². The minimum Gasteiger partial charge on any atom is -0.335 e. The lowest BCUT2D eigenvalue weighted by molar-refractivity contribution is 0.513. The van der Waals surface area contributed by atoms with Gasteiger partial charge in [0.15, 0.2) is 0 Å². The van der Waals surface area contributed by atoms with E-state index in [1.165, 1.54) is 11.1 Å². The van der Waals surface area contributed by atoms with Crippen LogP contribution in [0.15, 0.2) is 30.9 Å². The van der Waals surface area contributed by atoms with Crippen LogP contribution in [0.1, 0.15) is 43.3 Å². The Balaban J connectivity index is 2.22. The SMILES string of the molecule is CCCn1ccnc1CC(NN)c1ccncc1CC. The van der Waals surface area contributed by atoms with Gasteiger partial charge >= 0.3 is 0 Å². The molecule has 3 N–H and O–H groups in total. The highest BCUT2D eigenvalue weighted by molar-refractivity contribution is 5.27.